The van der Waals surface area contributed by atoms with Crippen molar-refractivity contribution in [3.63, 3.8) is 0 Å². The Bertz CT molecular complexity index is 516. The van der Waals surface area contributed by atoms with E-state index in [2.05, 4.69) is 25.9 Å². The molecule has 0 radical (unpaired) electrons. The predicted octanol–water partition coefficient (Wildman–Crippen LogP) is 3.96. The Morgan fingerprint density at radius 1 is 1.29 bits per heavy atom. The van der Waals surface area contributed by atoms with Crippen molar-refractivity contribution in [1.82, 2.24) is 9.97 Å². The van der Waals surface area contributed by atoms with Gasteiger partial charge in [-0.3, -0.25) is 0 Å². The molecule has 0 saturated carbocycles. The van der Waals surface area contributed by atoms with E-state index in [4.69, 9.17) is 16.3 Å². The molecule has 0 aliphatic carbocycles. The first-order valence-electron chi connectivity index (χ1n) is 5.12. The maximum Gasteiger partial charge on any atom is 0.160 e. The third kappa shape index (κ3) is 2.96. The standard InChI is InChI=1S/C12H10BrClN2O/c1-2-17-9-5-3-8(4-6-9)12-15-7-10(13)11(14)16-12/h3-7H,2H2,1H3. The second kappa shape index (κ2) is 5.47. The highest BCUT2D eigenvalue weighted by molar-refractivity contribution is 9.10. The molecule has 0 unspecified atom stereocenters. The van der Waals surface area contributed by atoms with Crippen molar-refractivity contribution in [3.8, 4) is 17.1 Å². The van der Waals surface area contributed by atoms with E-state index in [1.165, 1.54) is 0 Å². The van der Waals surface area contributed by atoms with E-state index in [0.717, 1.165) is 11.3 Å². The van der Waals surface area contributed by atoms with E-state index in [1.54, 1.807) is 6.20 Å². The molecule has 3 nitrogen and oxygen atoms in total. The van der Waals surface area contributed by atoms with Crippen LogP contribution >= 0.6 is 27.5 Å². The summed E-state index contributed by atoms with van der Waals surface area (Å²) in [5.74, 6) is 1.43. The molecular weight excluding hydrogens is 304 g/mol. The molecule has 0 atom stereocenters. The van der Waals surface area contributed by atoms with Crippen LogP contribution in [-0.4, -0.2) is 16.6 Å². The predicted molar refractivity (Wildman–Crippen MR) is 71.3 cm³/mol. The van der Waals surface area contributed by atoms with Gasteiger partial charge in [0.05, 0.1) is 11.1 Å². The third-order valence-electron chi connectivity index (χ3n) is 2.12. The zero-order valence-electron chi connectivity index (χ0n) is 9.15. The highest BCUT2D eigenvalue weighted by Crippen LogP contribution is 2.24. The minimum atomic E-state index is 0.406. The summed E-state index contributed by atoms with van der Waals surface area (Å²) in [5, 5.41) is 0.406. The van der Waals surface area contributed by atoms with E-state index in [-0.39, 0.29) is 0 Å². The van der Waals surface area contributed by atoms with E-state index >= 15 is 0 Å². The molecule has 0 N–H and O–H groups in total. The van der Waals surface area contributed by atoms with Crippen molar-refractivity contribution >= 4 is 27.5 Å². The van der Waals surface area contributed by atoms with Crippen molar-refractivity contribution in [2.75, 3.05) is 6.61 Å². The molecule has 2 aromatic rings. The van der Waals surface area contributed by atoms with Crippen LogP contribution in [0.5, 0.6) is 5.75 Å². The molecule has 0 fully saturated rings. The average Bonchev–Trinajstić information content (AvgIpc) is 2.34. The third-order valence-corrected chi connectivity index (χ3v) is 3.22. The molecule has 0 aliphatic rings. The highest BCUT2D eigenvalue weighted by atomic mass is 79.9. The molecule has 2 rings (SSSR count). The Labute approximate surface area is 113 Å². The van der Waals surface area contributed by atoms with E-state index < -0.39 is 0 Å². The molecule has 17 heavy (non-hydrogen) atoms. The number of benzene rings is 1. The lowest BCUT2D eigenvalue weighted by molar-refractivity contribution is 0.340. The van der Waals surface area contributed by atoms with Gasteiger partial charge >= 0.3 is 0 Å². The Morgan fingerprint density at radius 2 is 2.00 bits per heavy atom. The fourth-order valence-electron chi connectivity index (χ4n) is 1.35. The van der Waals surface area contributed by atoms with Crippen LogP contribution in [0.3, 0.4) is 0 Å². The summed E-state index contributed by atoms with van der Waals surface area (Å²) in [6.07, 6.45) is 1.64. The van der Waals surface area contributed by atoms with Crippen LogP contribution in [0.4, 0.5) is 0 Å². The minimum absolute atomic E-state index is 0.406. The molecule has 88 valence electrons. The van der Waals surface area contributed by atoms with Gasteiger partial charge < -0.3 is 4.74 Å². The Kier molecular flexibility index (Phi) is 3.97. The maximum absolute atomic E-state index is 5.92. The van der Waals surface area contributed by atoms with E-state index in [0.29, 0.717) is 22.1 Å². The molecular formula is C12H10BrClN2O. The zero-order valence-corrected chi connectivity index (χ0v) is 11.5. The van der Waals surface area contributed by atoms with Crippen LogP contribution in [0.15, 0.2) is 34.9 Å². The van der Waals surface area contributed by atoms with Gasteiger partial charge in [-0.1, -0.05) is 11.6 Å². The smallest absolute Gasteiger partial charge is 0.160 e. The molecule has 0 spiro atoms. The molecule has 0 bridgehead atoms. The summed E-state index contributed by atoms with van der Waals surface area (Å²) in [4.78, 5) is 8.39. The molecule has 1 aromatic carbocycles. The average molecular weight is 314 g/mol. The number of nitrogens with zero attached hydrogens (tertiary/aromatic N) is 2. The molecule has 1 heterocycles. The van der Waals surface area contributed by atoms with Crippen LogP contribution in [0.1, 0.15) is 6.92 Å². The lowest BCUT2D eigenvalue weighted by atomic mass is 10.2. The summed E-state index contributed by atoms with van der Waals surface area (Å²) in [6.45, 7) is 2.60. The van der Waals surface area contributed by atoms with Crippen LogP contribution < -0.4 is 4.74 Å². The Balaban J connectivity index is 2.30. The van der Waals surface area contributed by atoms with Gasteiger partial charge in [0.15, 0.2) is 5.82 Å². The van der Waals surface area contributed by atoms with Crippen molar-refractivity contribution in [2.45, 2.75) is 6.92 Å². The van der Waals surface area contributed by atoms with Crippen molar-refractivity contribution in [3.05, 3.63) is 40.1 Å². The SMILES string of the molecule is CCOc1ccc(-c2ncc(Br)c(Cl)n2)cc1. The zero-order chi connectivity index (χ0) is 12.3. The summed E-state index contributed by atoms with van der Waals surface area (Å²) in [6, 6.07) is 7.59. The number of hydrogen-bond acceptors (Lipinski definition) is 3. The molecule has 1 aromatic heterocycles. The summed E-state index contributed by atoms with van der Waals surface area (Å²) < 4.78 is 6.05. The maximum atomic E-state index is 5.92. The first-order valence-corrected chi connectivity index (χ1v) is 6.29. The van der Waals surface area contributed by atoms with Crippen LogP contribution in [0.25, 0.3) is 11.4 Å². The van der Waals surface area contributed by atoms with Gasteiger partial charge in [0.1, 0.15) is 10.9 Å². The number of rotatable bonds is 3. The summed E-state index contributed by atoms with van der Waals surface area (Å²) in [7, 11) is 0. The normalized spacial score (nSPS) is 10.3. The molecule has 0 saturated heterocycles. The van der Waals surface area contributed by atoms with Crippen molar-refractivity contribution in [1.29, 1.82) is 0 Å². The topological polar surface area (TPSA) is 35.0 Å². The van der Waals surface area contributed by atoms with E-state index in [9.17, 15) is 0 Å². The molecule has 0 aliphatic heterocycles. The number of ether oxygens (including phenoxy) is 1. The lowest BCUT2D eigenvalue weighted by Gasteiger charge is -2.04. The summed E-state index contributed by atoms with van der Waals surface area (Å²) in [5.41, 5.74) is 0.905. The Morgan fingerprint density at radius 3 is 2.59 bits per heavy atom. The lowest BCUT2D eigenvalue weighted by Crippen LogP contribution is -1.92. The number of halogens is 2. The molecule has 0 amide bonds. The van der Waals surface area contributed by atoms with Gasteiger partial charge in [-0.2, -0.15) is 0 Å². The van der Waals surface area contributed by atoms with Gasteiger partial charge in [0, 0.05) is 11.8 Å². The van der Waals surface area contributed by atoms with Crippen molar-refractivity contribution in [2.24, 2.45) is 0 Å². The van der Waals surface area contributed by atoms with Crippen LogP contribution in [0, 0.1) is 0 Å². The van der Waals surface area contributed by atoms with Gasteiger partial charge in [-0.25, -0.2) is 9.97 Å². The Hall–Kier alpha value is -1.13. The van der Waals surface area contributed by atoms with Gasteiger partial charge in [-0.05, 0) is 47.1 Å². The van der Waals surface area contributed by atoms with Gasteiger partial charge in [-0.15, -0.1) is 0 Å². The second-order valence-corrected chi connectivity index (χ2v) is 4.50. The van der Waals surface area contributed by atoms with E-state index in [1.807, 2.05) is 31.2 Å². The quantitative estimate of drug-likeness (QED) is 0.805. The number of aromatic nitrogens is 2. The van der Waals surface area contributed by atoms with Crippen LogP contribution in [-0.2, 0) is 0 Å². The minimum Gasteiger partial charge on any atom is -0.494 e. The number of hydrogen-bond donors (Lipinski definition) is 0. The largest absolute Gasteiger partial charge is 0.494 e. The van der Waals surface area contributed by atoms with Crippen LogP contribution in [0.2, 0.25) is 5.15 Å². The highest BCUT2D eigenvalue weighted by Gasteiger charge is 2.05. The van der Waals surface area contributed by atoms with Gasteiger partial charge in [0.25, 0.3) is 0 Å². The first-order chi connectivity index (χ1) is 8.20. The second-order valence-electron chi connectivity index (χ2n) is 3.29. The fraction of sp³-hybridized carbons (Fsp3) is 0.167. The van der Waals surface area contributed by atoms with Crippen molar-refractivity contribution < 1.29 is 4.74 Å². The molecule has 5 heteroatoms. The first kappa shape index (κ1) is 12.3. The fourth-order valence-corrected chi connectivity index (χ4v) is 1.67. The summed E-state index contributed by atoms with van der Waals surface area (Å²) >= 11 is 9.18. The monoisotopic (exact) mass is 312 g/mol. The van der Waals surface area contributed by atoms with Gasteiger partial charge in [0.2, 0.25) is 0 Å².